The Morgan fingerprint density at radius 2 is 1.83 bits per heavy atom. The third-order valence-corrected chi connectivity index (χ3v) is 4.90. The largest absolute Gasteiger partial charge is 0.394 e. The van der Waals surface area contributed by atoms with Gasteiger partial charge in [0.25, 0.3) is 11.1 Å². The number of nitrogens with one attached hydrogen (secondary N) is 1. The molecule has 29 heavy (non-hydrogen) atoms. The molecule has 10 heteroatoms. The molecule has 0 spiro atoms. The number of hydrogen-bond acceptors (Lipinski definition) is 8. The van der Waals surface area contributed by atoms with Crippen LogP contribution in [-0.2, 0) is 6.54 Å². The minimum atomic E-state index is -1.63. The van der Waals surface area contributed by atoms with Crippen LogP contribution in [0, 0.1) is 6.92 Å². The van der Waals surface area contributed by atoms with Gasteiger partial charge in [-0.3, -0.25) is 14.6 Å². The summed E-state index contributed by atoms with van der Waals surface area (Å²) in [7, 11) is 3.73. The van der Waals surface area contributed by atoms with Crippen molar-refractivity contribution < 1.29 is 20.4 Å². The molecule has 0 bridgehead atoms. The van der Waals surface area contributed by atoms with Crippen LogP contribution in [-0.4, -0.2) is 74.0 Å². The number of benzene rings is 1. The molecule has 1 aromatic carbocycles. The number of aromatic nitrogens is 3. The molecule has 2 aliphatic rings. The maximum absolute atomic E-state index is 12.3. The molecule has 156 valence electrons. The van der Waals surface area contributed by atoms with Crippen LogP contribution in [0.15, 0.2) is 27.8 Å². The molecule has 0 saturated heterocycles. The molecule has 3 atom stereocenters. The predicted octanol–water partition coefficient (Wildman–Crippen LogP) is -1.36. The number of rotatable bonds is 6. The molecule has 0 saturated carbocycles. The Bertz CT molecular complexity index is 1120. The minimum absolute atomic E-state index is 0.0125. The zero-order chi connectivity index (χ0) is 21.5. The van der Waals surface area contributed by atoms with Crippen molar-refractivity contribution in [2.45, 2.75) is 31.8 Å². The summed E-state index contributed by atoms with van der Waals surface area (Å²) in [6, 6.07) is 4.79. The number of aryl methyl sites for hydroxylation is 1. The average Bonchev–Trinajstić information content (AvgIpc) is 2.66. The number of aliphatic hydroxyl groups is 4. The Hall–Kier alpha value is -2.79. The molecule has 0 aromatic heterocycles. The second-order valence-electron chi connectivity index (χ2n) is 7.25. The van der Waals surface area contributed by atoms with Crippen LogP contribution in [0.1, 0.15) is 5.56 Å². The summed E-state index contributed by atoms with van der Waals surface area (Å²) in [5.41, 5.74) is 1.68. The maximum atomic E-state index is 12.3. The summed E-state index contributed by atoms with van der Waals surface area (Å²) < 4.78 is 1.51. The highest BCUT2D eigenvalue weighted by Gasteiger charge is 2.27. The van der Waals surface area contributed by atoms with Gasteiger partial charge in [0.05, 0.1) is 29.9 Å². The Morgan fingerprint density at radius 3 is 2.45 bits per heavy atom. The second kappa shape index (κ2) is 7.91. The van der Waals surface area contributed by atoms with Crippen molar-refractivity contribution >= 4 is 16.7 Å². The third-order valence-electron chi connectivity index (χ3n) is 4.90. The normalized spacial score (nSPS) is 14.9. The number of pyridine rings is 1. The number of aliphatic hydroxyl groups excluding tert-OH is 4. The van der Waals surface area contributed by atoms with Crippen molar-refractivity contribution in [2.75, 3.05) is 25.6 Å². The number of hydrogen-bond donors (Lipinski definition) is 5. The average molecular weight is 404 g/mol. The lowest BCUT2D eigenvalue weighted by atomic mass is 10.1. The lowest BCUT2D eigenvalue weighted by Gasteiger charge is -2.26. The standard InChI is InChI=1S/C19H24N4O6/c1-9-4-10-12(5-11(9)22(2)3)23(7-14(25)18(28)15(26)8-24)13-6-16(27)21-19(29)17(13)20-10/h4-6,14-15,18,24-26,28H,7-8H2,1-3H3,(H,21,27,29)/t14-,15+,18-/m0/s1. The summed E-state index contributed by atoms with van der Waals surface area (Å²) in [6.45, 7) is 0.924. The number of fused-ring (bicyclic) bond motifs is 2. The first-order chi connectivity index (χ1) is 13.6. The quantitative estimate of drug-likeness (QED) is 0.316. The summed E-state index contributed by atoms with van der Waals surface area (Å²) in [5.74, 6) is 0. The van der Waals surface area contributed by atoms with Crippen molar-refractivity contribution in [3.63, 3.8) is 0 Å². The summed E-state index contributed by atoms with van der Waals surface area (Å²) >= 11 is 0. The minimum Gasteiger partial charge on any atom is -0.394 e. The van der Waals surface area contributed by atoms with Crippen LogP contribution in [0.4, 0.5) is 5.69 Å². The van der Waals surface area contributed by atoms with E-state index in [1.54, 1.807) is 6.07 Å². The zero-order valence-corrected chi connectivity index (χ0v) is 16.3. The van der Waals surface area contributed by atoms with Gasteiger partial charge in [0.2, 0.25) is 0 Å². The van der Waals surface area contributed by atoms with Crippen LogP contribution in [0.2, 0.25) is 0 Å². The SMILES string of the molecule is Cc1cc2nc3c(=O)[nH]c(=O)cc-3n(C[C@H](O)[C@H](O)[C@H](O)CO)c2cc1N(C)C. The molecule has 0 radical (unpaired) electrons. The van der Waals surface area contributed by atoms with Gasteiger partial charge in [-0.25, -0.2) is 4.98 Å². The summed E-state index contributed by atoms with van der Waals surface area (Å²) in [5, 5.41) is 39.2. The van der Waals surface area contributed by atoms with Crippen LogP contribution < -0.4 is 16.0 Å². The summed E-state index contributed by atoms with van der Waals surface area (Å²) in [4.78, 5) is 32.7. The molecule has 3 rings (SSSR count). The van der Waals surface area contributed by atoms with E-state index in [9.17, 15) is 24.9 Å². The molecule has 2 heterocycles. The van der Waals surface area contributed by atoms with E-state index in [2.05, 4.69) is 9.97 Å². The maximum Gasteiger partial charge on any atom is 0.278 e. The van der Waals surface area contributed by atoms with Gasteiger partial charge in [0.15, 0.2) is 5.69 Å². The molecule has 2 aliphatic heterocycles. The van der Waals surface area contributed by atoms with E-state index in [-0.39, 0.29) is 17.9 Å². The van der Waals surface area contributed by atoms with E-state index in [4.69, 9.17) is 5.11 Å². The van der Waals surface area contributed by atoms with E-state index < -0.39 is 36.0 Å². The van der Waals surface area contributed by atoms with Gasteiger partial charge in [-0.05, 0) is 24.6 Å². The van der Waals surface area contributed by atoms with Crippen molar-refractivity contribution in [1.82, 2.24) is 14.5 Å². The van der Waals surface area contributed by atoms with Gasteiger partial charge >= 0.3 is 0 Å². The number of nitrogens with zero attached hydrogens (tertiary/aromatic N) is 3. The van der Waals surface area contributed by atoms with Crippen molar-refractivity contribution in [1.29, 1.82) is 0 Å². The third kappa shape index (κ3) is 3.87. The first-order valence-corrected chi connectivity index (χ1v) is 9.04. The van der Waals surface area contributed by atoms with E-state index in [0.717, 1.165) is 11.3 Å². The lowest BCUT2D eigenvalue weighted by molar-refractivity contribution is -0.0802. The van der Waals surface area contributed by atoms with Crippen molar-refractivity contribution in [3.05, 3.63) is 44.5 Å². The van der Waals surface area contributed by atoms with E-state index >= 15 is 0 Å². The fourth-order valence-electron chi connectivity index (χ4n) is 3.39. The van der Waals surface area contributed by atoms with Crippen molar-refractivity contribution in [3.8, 4) is 11.4 Å². The van der Waals surface area contributed by atoms with Crippen LogP contribution >= 0.6 is 0 Å². The first kappa shape index (κ1) is 20.9. The molecule has 1 aromatic rings. The highest BCUT2D eigenvalue weighted by Crippen LogP contribution is 2.29. The van der Waals surface area contributed by atoms with Gasteiger partial charge in [0.1, 0.15) is 18.3 Å². The molecular weight excluding hydrogens is 380 g/mol. The molecule has 0 fully saturated rings. The Labute approximate surface area is 165 Å². The molecule has 0 aliphatic carbocycles. The molecule has 5 N–H and O–H groups in total. The molecule has 0 unspecified atom stereocenters. The van der Waals surface area contributed by atoms with Crippen molar-refractivity contribution in [2.24, 2.45) is 0 Å². The van der Waals surface area contributed by atoms with Crippen LogP contribution in [0.3, 0.4) is 0 Å². The first-order valence-electron chi connectivity index (χ1n) is 9.04. The van der Waals surface area contributed by atoms with Gasteiger partial charge in [-0.15, -0.1) is 0 Å². The van der Waals surface area contributed by atoms with Gasteiger partial charge in [-0.2, -0.15) is 0 Å². The Kier molecular flexibility index (Phi) is 5.71. The molecule has 0 amide bonds. The number of aromatic amines is 1. The monoisotopic (exact) mass is 404 g/mol. The predicted molar refractivity (Wildman–Crippen MR) is 107 cm³/mol. The van der Waals surface area contributed by atoms with E-state index in [1.807, 2.05) is 32.0 Å². The zero-order valence-electron chi connectivity index (χ0n) is 16.3. The lowest BCUT2D eigenvalue weighted by Crippen LogP contribution is -2.42. The fourth-order valence-corrected chi connectivity index (χ4v) is 3.39. The smallest absolute Gasteiger partial charge is 0.278 e. The second-order valence-corrected chi connectivity index (χ2v) is 7.25. The fraction of sp³-hybridized carbons (Fsp3) is 0.421. The van der Waals surface area contributed by atoms with E-state index in [1.165, 1.54) is 10.6 Å². The Balaban J connectivity index is 2.31. The van der Waals surface area contributed by atoms with Gasteiger partial charge in [-0.1, -0.05) is 0 Å². The number of anilines is 1. The topological polar surface area (TPSA) is 152 Å². The molecular formula is C19H24N4O6. The summed E-state index contributed by atoms with van der Waals surface area (Å²) in [6.07, 6.45) is -4.64. The Morgan fingerprint density at radius 1 is 1.14 bits per heavy atom. The highest BCUT2D eigenvalue weighted by atomic mass is 16.4. The van der Waals surface area contributed by atoms with Crippen LogP contribution in [0.25, 0.3) is 22.4 Å². The van der Waals surface area contributed by atoms with Crippen LogP contribution in [0.5, 0.6) is 0 Å². The van der Waals surface area contributed by atoms with E-state index in [0.29, 0.717) is 11.0 Å². The highest BCUT2D eigenvalue weighted by molar-refractivity contribution is 5.85. The van der Waals surface area contributed by atoms with Gasteiger partial charge < -0.3 is 29.9 Å². The van der Waals surface area contributed by atoms with Gasteiger partial charge in [0, 0.05) is 25.8 Å². The number of H-pyrrole nitrogens is 1. The molecule has 10 nitrogen and oxygen atoms in total.